The molecule has 0 aromatic heterocycles. The van der Waals surface area contributed by atoms with Crippen molar-refractivity contribution in [3.05, 3.63) is 29.8 Å². The zero-order chi connectivity index (χ0) is 18.1. The second kappa shape index (κ2) is 9.54. The van der Waals surface area contributed by atoms with Crippen LogP contribution < -0.4 is 15.4 Å². The van der Waals surface area contributed by atoms with Crippen LogP contribution in [0.4, 0.5) is 4.79 Å². The third kappa shape index (κ3) is 7.13. The highest BCUT2D eigenvalue weighted by Gasteiger charge is 2.18. The summed E-state index contributed by atoms with van der Waals surface area (Å²) in [6.07, 6.45) is -0.127. The molecular formula is C17H24N2O5. The van der Waals surface area contributed by atoms with Gasteiger partial charge in [0.05, 0.1) is 0 Å². The predicted octanol–water partition coefficient (Wildman–Crippen LogP) is 1.93. The van der Waals surface area contributed by atoms with Gasteiger partial charge in [0.1, 0.15) is 5.75 Å². The minimum absolute atomic E-state index is 0.0527. The van der Waals surface area contributed by atoms with Crippen molar-refractivity contribution >= 4 is 17.9 Å². The minimum atomic E-state index is -0.867. The fourth-order valence-corrected chi connectivity index (χ4v) is 1.72. The number of carbonyl (C=O) groups is 3. The van der Waals surface area contributed by atoms with Crippen molar-refractivity contribution in [2.24, 2.45) is 0 Å². The van der Waals surface area contributed by atoms with Crippen LogP contribution in [0.1, 0.15) is 32.8 Å². The van der Waals surface area contributed by atoms with Crippen molar-refractivity contribution < 1.29 is 23.9 Å². The zero-order valence-corrected chi connectivity index (χ0v) is 14.4. The Hall–Kier alpha value is -2.57. The van der Waals surface area contributed by atoms with Gasteiger partial charge in [-0.3, -0.25) is 10.1 Å². The molecule has 7 nitrogen and oxygen atoms in total. The first-order chi connectivity index (χ1) is 11.3. The Balaban J connectivity index is 2.36. The van der Waals surface area contributed by atoms with Crippen molar-refractivity contribution in [1.29, 1.82) is 0 Å². The van der Waals surface area contributed by atoms with Gasteiger partial charge in [-0.2, -0.15) is 0 Å². The summed E-state index contributed by atoms with van der Waals surface area (Å²) in [5.74, 6) is -0.849. The lowest BCUT2D eigenvalue weighted by atomic mass is 10.2. The number of hydrogen-bond donors (Lipinski definition) is 2. The quantitative estimate of drug-likeness (QED) is 0.742. The van der Waals surface area contributed by atoms with Gasteiger partial charge >= 0.3 is 12.0 Å². The number of rotatable bonds is 7. The van der Waals surface area contributed by atoms with Gasteiger partial charge in [0.15, 0.2) is 12.7 Å². The summed E-state index contributed by atoms with van der Waals surface area (Å²) in [7, 11) is 0. The van der Waals surface area contributed by atoms with Gasteiger partial charge in [-0.25, -0.2) is 9.59 Å². The Kier molecular flexibility index (Phi) is 7.74. The number of amides is 3. The number of aryl methyl sites for hydroxylation is 1. The van der Waals surface area contributed by atoms with Gasteiger partial charge in [0.2, 0.25) is 0 Å². The SMILES string of the molecule is CC[C@H](C)NC(=O)NC(=O)COC(=O)[C@@H](C)Oc1cccc(C)c1. The van der Waals surface area contributed by atoms with E-state index in [9.17, 15) is 14.4 Å². The predicted molar refractivity (Wildman–Crippen MR) is 88.7 cm³/mol. The molecule has 0 aliphatic carbocycles. The van der Waals surface area contributed by atoms with Gasteiger partial charge in [0.25, 0.3) is 5.91 Å². The molecule has 7 heteroatoms. The molecule has 24 heavy (non-hydrogen) atoms. The molecular weight excluding hydrogens is 312 g/mol. The highest BCUT2D eigenvalue weighted by atomic mass is 16.6. The van der Waals surface area contributed by atoms with Crippen molar-refractivity contribution in [2.75, 3.05) is 6.61 Å². The van der Waals surface area contributed by atoms with E-state index in [0.717, 1.165) is 12.0 Å². The summed E-state index contributed by atoms with van der Waals surface area (Å²) < 4.78 is 10.3. The molecule has 2 atom stereocenters. The molecule has 0 bridgehead atoms. The normalized spacial score (nSPS) is 12.7. The zero-order valence-electron chi connectivity index (χ0n) is 14.4. The average molecular weight is 336 g/mol. The first-order valence-corrected chi connectivity index (χ1v) is 7.82. The van der Waals surface area contributed by atoms with E-state index in [2.05, 4.69) is 10.6 Å². The lowest BCUT2D eigenvalue weighted by Gasteiger charge is -2.15. The molecule has 2 N–H and O–H groups in total. The van der Waals surface area contributed by atoms with Crippen molar-refractivity contribution in [2.45, 2.75) is 46.3 Å². The standard InChI is InChI=1S/C17H24N2O5/c1-5-12(3)18-17(22)19-15(20)10-23-16(21)13(4)24-14-8-6-7-11(2)9-14/h6-9,12-13H,5,10H2,1-4H3,(H2,18,19,20,22)/t12-,13+/m0/s1. The van der Waals surface area contributed by atoms with Crippen LogP contribution in [0.15, 0.2) is 24.3 Å². The fourth-order valence-electron chi connectivity index (χ4n) is 1.72. The van der Waals surface area contributed by atoms with E-state index in [1.54, 1.807) is 12.1 Å². The van der Waals surface area contributed by atoms with E-state index < -0.39 is 30.6 Å². The van der Waals surface area contributed by atoms with E-state index >= 15 is 0 Å². The topological polar surface area (TPSA) is 93.7 Å². The number of esters is 1. The van der Waals surface area contributed by atoms with Gasteiger partial charge in [-0.15, -0.1) is 0 Å². The van der Waals surface area contributed by atoms with Gasteiger partial charge in [0, 0.05) is 6.04 Å². The Morgan fingerprint density at radius 1 is 1.21 bits per heavy atom. The maximum absolute atomic E-state index is 11.8. The smallest absolute Gasteiger partial charge is 0.347 e. The Morgan fingerprint density at radius 2 is 1.92 bits per heavy atom. The van der Waals surface area contributed by atoms with Crippen LogP contribution in [0, 0.1) is 6.92 Å². The monoisotopic (exact) mass is 336 g/mol. The summed E-state index contributed by atoms with van der Waals surface area (Å²) >= 11 is 0. The lowest BCUT2D eigenvalue weighted by molar-refractivity contribution is -0.154. The van der Waals surface area contributed by atoms with Gasteiger partial charge in [-0.1, -0.05) is 19.1 Å². The minimum Gasteiger partial charge on any atom is -0.479 e. The molecule has 0 fully saturated rings. The molecule has 1 aromatic rings. The number of benzene rings is 1. The summed E-state index contributed by atoms with van der Waals surface area (Å²) in [6, 6.07) is 6.56. The van der Waals surface area contributed by atoms with E-state index in [0.29, 0.717) is 5.75 Å². The van der Waals surface area contributed by atoms with E-state index in [1.807, 2.05) is 32.9 Å². The number of ether oxygens (including phenoxy) is 2. The van der Waals surface area contributed by atoms with E-state index in [-0.39, 0.29) is 6.04 Å². The fraction of sp³-hybridized carbons (Fsp3) is 0.471. The summed E-state index contributed by atoms with van der Waals surface area (Å²) in [6.45, 7) is 6.61. The number of urea groups is 1. The Bertz CT molecular complexity index is 588. The second-order valence-electron chi connectivity index (χ2n) is 5.52. The molecule has 0 heterocycles. The lowest BCUT2D eigenvalue weighted by Crippen LogP contribution is -2.45. The van der Waals surface area contributed by atoms with Crippen molar-refractivity contribution in [1.82, 2.24) is 10.6 Å². The third-order valence-electron chi connectivity index (χ3n) is 3.22. The number of imide groups is 1. The molecule has 3 amide bonds. The first-order valence-electron chi connectivity index (χ1n) is 7.82. The van der Waals surface area contributed by atoms with Crippen LogP contribution in [-0.4, -0.2) is 36.7 Å². The molecule has 1 aromatic carbocycles. The van der Waals surface area contributed by atoms with Crippen LogP contribution in [0.2, 0.25) is 0 Å². The van der Waals surface area contributed by atoms with Gasteiger partial charge < -0.3 is 14.8 Å². The molecule has 132 valence electrons. The molecule has 0 aliphatic heterocycles. The summed E-state index contributed by atoms with van der Waals surface area (Å²) in [5.41, 5.74) is 1.000. The highest BCUT2D eigenvalue weighted by molar-refractivity contribution is 5.95. The molecule has 0 saturated carbocycles. The average Bonchev–Trinajstić information content (AvgIpc) is 2.52. The second-order valence-corrected chi connectivity index (χ2v) is 5.52. The molecule has 0 spiro atoms. The highest BCUT2D eigenvalue weighted by Crippen LogP contribution is 2.14. The molecule has 0 saturated heterocycles. The van der Waals surface area contributed by atoms with Crippen LogP contribution in [0.3, 0.4) is 0 Å². The maximum Gasteiger partial charge on any atom is 0.347 e. The first kappa shape index (κ1) is 19.5. The largest absolute Gasteiger partial charge is 0.479 e. The summed E-state index contributed by atoms with van der Waals surface area (Å²) in [4.78, 5) is 34.8. The molecule has 1 rings (SSSR count). The maximum atomic E-state index is 11.8. The van der Waals surface area contributed by atoms with Crippen LogP contribution >= 0.6 is 0 Å². The Labute approximate surface area is 141 Å². The van der Waals surface area contributed by atoms with Gasteiger partial charge in [-0.05, 0) is 44.9 Å². The van der Waals surface area contributed by atoms with E-state index in [4.69, 9.17) is 9.47 Å². The number of carbonyl (C=O) groups excluding carboxylic acids is 3. The van der Waals surface area contributed by atoms with Crippen LogP contribution in [0.5, 0.6) is 5.75 Å². The number of nitrogens with one attached hydrogen (secondary N) is 2. The summed E-state index contributed by atoms with van der Waals surface area (Å²) in [5, 5.41) is 4.66. The van der Waals surface area contributed by atoms with Crippen molar-refractivity contribution in [3.8, 4) is 5.75 Å². The van der Waals surface area contributed by atoms with Crippen molar-refractivity contribution in [3.63, 3.8) is 0 Å². The van der Waals surface area contributed by atoms with Crippen LogP contribution in [0.25, 0.3) is 0 Å². The molecule has 0 radical (unpaired) electrons. The van der Waals surface area contributed by atoms with Crippen LogP contribution in [-0.2, 0) is 14.3 Å². The van der Waals surface area contributed by atoms with E-state index in [1.165, 1.54) is 6.92 Å². The Morgan fingerprint density at radius 3 is 2.54 bits per heavy atom. The molecule has 0 aliphatic rings. The molecule has 0 unspecified atom stereocenters. The number of hydrogen-bond acceptors (Lipinski definition) is 5. The third-order valence-corrected chi connectivity index (χ3v) is 3.22.